The monoisotopic (exact) mass is 476 g/mol. The van der Waals surface area contributed by atoms with Crippen LogP contribution in [0.1, 0.15) is 19.3 Å². The van der Waals surface area contributed by atoms with Gasteiger partial charge < -0.3 is 19.9 Å². The summed E-state index contributed by atoms with van der Waals surface area (Å²) in [7, 11) is 1.81. The lowest BCUT2D eigenvalue weighted by atomic mass is 10.2. The summed E-state index contributed by atoms with van der Waals surface area (Å²) in [5.41, 5.74) is 0.693. The highest BCUT2D eigenvalue weighted by Gasteiger charge is 2.22. The molecule has 1 N–H and O–H groups in total. The fourth-order valence-electron chi connectivity index (χ4n) is 3.11. The normalized spacial score (nSPS) is 17.8. The van der Waals surface area contributed by atoms with Crippen molar-refractivity contribution >= 4 is 35.6 Å². The molecule has 1 aliphatic carbocycles. The maximum Gasteiger partial charge on any atom is 0.193 e. The van der Waals surface area contributed by atoms with E-state index >= 15 is 0 Å². The fraction of sp³-hybridized carbons (Fsp3) is 0.632. The largest absolute Gasteiger partial charge is 0.381 e. The summed E-state index contributed by atoms with van der Waals surface area (Å²) in [6.07, 6.45) is 3.66. The lowest BCUT2D eigenvalue weighted by molar-refractivity contribution is 0.122. The summed E-state index contributed by atoms with van der Waals surface area (Å²) in [5, 5.41) is 3.41. The van der Waals surface area contributed by atoms with Crippen LogP contribution in [0.2, 0.25) is 0 Å². The number of hydrogen-bond donors (Lipinski definition) is 1. The fourth-order valence-corrected chi connectivity index (χ4v) is 3.11. The Morgan fingerprint density at radius 1 is 1.23 bits per heavy atom. The molecule has 1 aromatic rings. The van der Waals surface area contributed by atoms with Crippen LogP contribution < -0.4 is 10.2 Å². The van der Waals surface area contributed by atoms with Crippen molar-refractivity contribution in [1.82, 2.24) is 10.2 Å². The molecule has 0 bridgehead atoms. The highest BCUT2D eigenvalue weighted by molar-refractivity contribution is 14.0. The van der Waals surface area contributed by atoms with Crippen molar-refractivity contribution in [2.45, 2.75) is 19.3 Å². The molecule has 1 heterocycles. The summed E-state index contributed by atoms with van der Waals surface area (Å²) < 4.78 is 19.6. The third-order valence-electron chi connectivity index (χ3n) is 4.78. The number of ether oxygens (including phenoxy) is 1. The van der Waals surface area contributed by atoms with Gasteiger partial charge in [0.2, 0.25) is 0 Å². The molecule has 1 saturated heterocycles. The van der Waals surface area contributed by atoms with Crippen molar-refractivity contribution in [3.05, 3.63) is 30.1 Å². The quantitative estimate of drug-likeness (QED) is 0.285. The zero-order valence-corrected chi connectivity index (χ0v) is 17.8. The molecule has 7 heteroatoms. The predicted octanol–water partition coefficient (Wildman–Crippen LogP) is 2.96. The van der Waals surface area contributed by atoms with Crippen molar-refractivity contribution in [1.29, 1.82) is 0 Å². The van der Waals surface area contributed by atoms with E-state index < -0.39 is 0 Å². The third-order valence-corrected chi connectivity index (χ3v) is 4.78. The average molecular weight is 476 g/mol. The Morgan fingerprint density at radius 2 is 1.96 bits per heavy atom. The Labute approximate surface area is 173 Å². The second-order valence-electron chi connectivity index (χ2n) is 6.77. The van der Waals surface area contributed by atoms with Gasteiger partial charge in [-0.3, -0.25) is 4.99 Å². The first kappa shape index (κ1) is 21.2. The van der Waals surface area contributed by atoms with Gasteiger partial charge in [-0.1, -0.05) is 12.1 Å². The molecule has 0 atom stereocenters. The number of nitrogens with one attached hydrogen (secondary N) is 1. The van der Waals surface area contributed by atoms with Crippen molar-refractivity contribution in [2.75, 3.05) is 57.9 Å². The van der Waals surface area contributed by atoms with E-state index in [2.05, 4.69) is 20.1 Å². The van der Waals surface area contributed by atoms with Gasteiger partial charge in [0, 0.05) is 53.0 Å². The number of aliphatic imine (C=N–C) groups is 1. The summed E-state index contributed by atoms with van der Waals surface area (Å²) in [4.78, 5) is 8.72. The first-order valence-corrected chi connectivity index (χ1v) is 9.30. The van der Waals surface area contributed by atoms with Crippen molar-refractivity contribution < 1.29 is 9.13 Å². The molecule has 0 spiro atoms. The minimum absolute atomic E-state index is 0. The van der Waals surface area contributed by atoms with Gasteiger partial charge in [-0.15, -0.1) is 24.0 Å². The predicted molar refractivity (Wildman–Crippen MR) is 115 cm³/mol. The van der Waals surface area contributed by atoms with E-state index in [0.29, 0.717) is 5.69 Å². The van der Waals surface area contributed by atoms with Crippen LogP contribution in [0.3, 0.4) is 0 Å². The number of para-hydroxylation sites is 1. The van der Waals surface area contributed by atoms with Gasteiger partial charge in [-0.05, 0) is 37.3 Å². The van der Waals surface area contributed by atoms with Crippen LogP contribution in [0.25, 0.3) is 0 Å². The topological polar surface area (TPSA) is 40.1 Å². The summed E-state index contributed by atoms with van der Waals surface area (Å²) in [6, 6.07) is 6.99. The third kappa shape index (κ3) is 6.26. The number of benzene rings is 1. The smallest absolute Gasteiger partial charge is 0.193 e. The molecule has 3 rings (SSSR count). The van der Waals surface area contributed by atoms with Crippen LogP contribution in [0.5, 0.6) is 0 Å². The Balaban J connectivity index is 0.00000243. The van der Waals surface area contributed by atoms with E-state index in [9.17, 15) is 4.39 Å². The number of halogens is 2. The van der Waals surface area contributed by atoms with Crippen molar-refractivity contribution in [3.8, 4) is 0 Å². The highest BCUT2D eigenvalue weighted by Crippen LogP contribution is 2.28. The van der Waals surface area contributed by atoms with Crippen LogP contribution in [0, 0.1) is 11.7 Å². The first-order chi connectivity index (χ1) is 12.3. The van der Waals surface area contributed by atoms with E-state index in [1.807, 2.05) is 19.2 Å². The molecule has 1 aliphatic heterocycles. The molecule has 1 aromatic carbocycles. The zero-order valence-electron chi connectivity index (χ0n) is 15.5. The molecule has 0 unspecified atom stereocenters. The van der Waals surface area contributed by atoms with E-state index in [1.165, 1.54) is 18.9 Å². The summed E-state index contributed by atoms with van der Waals surface area (Å²) in [6.45, 7) is 5.87. The lowest BCUT2D eigenvalue weighted by Gasteiger charge is -2.37. The molecule has 2 aliphatic rings. The average Bonchev–Trinajstić information content (AvgIpc) is 3.46. The van der Waals surface area contributed by atoms with Gasteiger partial charge in [0.1, 0.15) is 5.82 Å². The number of nitrogens with zero attached hydrogens (tertiary/aromatic N) is 3. The van der Waals surface area contributed by atoms with Crippen LogP contribution in [0.15, 0.2) is 29.3 Å². The summed E-state index contributed by atoms with van der Waals surface area (Å²) >= 11 is 0. The van der Waals surface area contributed by atoms with E-state index in [-0.39, 0.29) is 29.8 Å². The van der Waals surface area contributed by atoms with E-state index in [0.717, 1.165) is 64.2 Å². The molecule has 0 radical (unpaired) electrons. The zero-order chi connectivity index (χ0) is 17.5. The minimum atomic E-state index is -0.148. The molecule has 0 aromatic heterocycles. The molecule has 2 fully saturated rings. The highest BCUT2D eigenvalue weighted by atomic mass is 127. The van der Waals surface area contributed by atoms with Crippen molar-refractivity contribution in [2.24, 2.45) is 10.9 Å². The van der Waals surface area contributed by atoms with Gasteiger partial charge in [0.15, 0.2) is 5.96 Å². The maximum absolute atomic E-state index is 13.9. The SMILES string of the molecule is CN=C(NCCCOCC1CC1)N1CCN(c2ccccc2F)CC1.I. The Morgan fingerprint density at radius 3 is 2.62 bits per heavy atom. The second-order valence-corrected chi connectivity index (χ2v) is 6.77. The molecular formula is C19H30FIN4O. The standard InChI is InChI=1S/C19H29FN4O.HI/c1-21-19(22-9-4-14-25-15-16-7-8-16)24-12-10-23(11-13-24)18-6-3-2-5-17(18)20;/h2-3,5-6,16H,4,7-15H2,1H3,(H,21,22);1H. The maximum atomic E-state index is 13.9. The van der Waals surface area contributed by atoms with Crippen LogP contribution in [0.4, 0.5) is 10.1 Å². The van der Waals surface area contributed by atoms with Gasteiger partial charge in [-0.2, -0.15) is 0 Å². The van der Waals surface area contributed by atoms with Gasteiger partial charge in [0.25, 0.3) is 0 Å². The Bertz CT molecular complexity index is 574. The van der Waals surface area contributed by atoms with Crippen LogP contribution in [-0.2, 0) is 4.74 Å². The van der Waals surface area contributed by atoms with Crippen molar-refractivity contribution in [3.63, 3.8) is 0 Å². The molecule has 146 valence electrons. The number of guanidine groups is 1. The summed E-state index contributed by atoms with van der Waals surface area (Å²) in [5.74, 6) is 1.60. The lowest BCUT2D eigenvalue weighted by Crippen LogP contribution is -2.52. The van der Waals surface area contributed by atoms with Gasteiger partial charge in [-0.25, -0.2) is 4.39 Å². The number of piperazine rings is 1. The first-order valence-electron chi connectivity index (χ1n) is 9.30. The Kier molecular flexibility index (Phi) is 8.90. The molecule has 26 heavy (non-hydrogen) atoms. The molecule has 0 amide bonds. The molecular weight excluding hydrogens is 446 g/mol. The molecule has 5 nitrogen and oxygen atoms in total. The van der Waals surface area contributed by atoms with Crippen LogP contribution in [-0.4, -0.2) is 63.8 Å². The number of rotatable bonds is 7. The Hall–Kier alpha value is -1.09. The molecule has 1 saturated carbocycles. The number of hydrogen-bond acceptors (Lipinski definition) is 3. The van der Waals surface area contributed by atoms with Gasteiger partial charge in [0.05, 0.1) is 5.69 Å². The van der Waals surface area contributed by atoms with Crippen LogP contribution >= 0.6 is 24.0 Å². The van der Waals surface area contributed by atoms with E-state index in [4.69, 9.17) is 4.74 Å². The second kappa shape index (κ2) is 10.9. The van der Waals surface area contributed by atoms with E-state index in [1.54, 1.807) is 6.07 Å². The van der Waals surface area contributed by atoms with Gasteiger partial charge >= 0.3 is 0 Å². The minimum Gasteiger partial charge on any atom is -0.381 e. The number of anilines is 1.